The molecular formula is C55H40N4O. The Morgan fingerprint density at radius 2 is 1.03 bits per heavy atom. The van der Waals surface area contributed by atoms with Crippen LogP contribution >= 0.6 is 0 Å². The first-order valence-corrected chi connectivity index (χ1v) is 20.7. The Morgan fingerprint density at radius 3 is 1.83 bits per heavy atom. The molecule has 0 aliphatic heterocycles. The Kier molecular flexibility index (Phi) is 8.85. The zero-order chi connectivity index (χ0) is 40.0. The molecule has 0 spiro atoms. The van der Waals surface area contributed by atoms with Crippen LogP contribution in [-0.4, -0.2) is 19.5 Å². The zero-order valence-electron chi connectivity index (χ0n) is 33.2. The van der Waals surface area contributed by atoms with Crippen molar-refractivity contribution in [2.75, 3.05) is 0 Å². The molecule has 0 bridgehead atoms. The van der Waals surface area contributed by atoms with E-state index < -0.39 is 0 Å². The summed E-state index contributed by atoms with van der Waals surface area (Å²) in [5.41, 5.74) is 13.9. The van der Waals surface area contributed by atoms with Crippen molar-refractivity contribution in [2.24, 2.45) is 0 Å². The average Bonchev–Trinajstić information content (AvgIpc) is 3.87. The number of hydrogen-bond donors (Lipinski definition) is 0. The minimum atomic E-state index is 0.644. The highest BCUT2D eigenvalue weighted by Gasteiger charge is 2.19. The minimum Gasteiger partial charge on any atom is -0.456 e. The van der Waals surface area contributed by atoms with Gasteiger partial charge in [-0.25, -0.2) is 15.0 Å². The second-order valence-electron chi connectivity index (χ2n) is 15.4. The third-order valence-corrected chi connectivity index (χ3v) is 11.7. The molecule has 5 heteroatoms. The number of fused-ring (bicyclic) bond motifs is 6. The van der Waals surface area contributed by atoms with E-state index >= 15 is 0 Å². The van der Waals surface area contributed by atoms with E-state index in [4.69, 9.17) is 19.4 Å². The molecule has 0 N–H and O–H groups in total. The van der Waals surface area contributed by atoms with Crippen LogP contribution < -0.4 is 0 Å². The molecule has 0 amide bonds. The number of aromatic nitrogens is 4. The fourth-order valence-electron chi connectivity index (χ4n) is 8.70. The number of nitrogens with zero attached hydrogens (tertiary/aromatic N) is 4. The van der Waals surface area contributed by atoms with Gasteiger partial charge in [-0.3, -0.25) is 0 Å². The van der Waals surface area contributed by atoms with Crippen molar-refractivity contribution in [1.29, 1.82) is 0 Å². The summed E-state index contributed by atoms with van der Waals surface area (Å²) in [6.07, 6.45) is 3.42. The van der Waals surface area contributed by atoms with E-state index in [-0.39, 0.29) is 0 Å². The lowest BCUT2D eigenvalue weighted by Gasteiger charge is -2.13. The Bertz CT molecular complexity index is 3340. The summed E-state index contributed by atoms with van der Waals surface area (Å²) in [5, 5.41) is 4.70. The van der Waals surface area contributed by atoms with Crippen molar-refractivity contribution in [2.45, 2.75) is 26.2 Å². The first-order valence-electron chi connectivity index (χ1n) is 20.7. The lowest BCUT2D eigenvalue weighted by atomic mass is 9.98. The number of unbranched alkanes of at least 4 members (excludes halogenated alkanes) is 1. The van der Waals surface area contributed by atoms with Gasteiger partial charge in [0.25, 0.3) is 0 Å². The number of para-hydroxylation sites is 2. The van der Waals surface area contributed by atoms with E-state index in [1.165, 1.54) is 34.7 Å². The first-order chi connectivity index (χ1) is 29.7. The van der Waals surface area contributed by atoms with Crippen LogP contribution in [0.25, 0.3) is 106 Å². The highest BCUT2D eigenvalue weighted by atomic mass is 16.3. The molecule has 0 atom stereocenters. The molecule has 3 aromatic heterocycles. The maximum atomic E-state index is 6.25. The lowest BCUT2D eigenvalue weighted by molar-refractivity contribution is 0.669. The van der Waals surface area contributed by atoms with Crippen LogP contribution in [0, 0.1) is 0 Å². The van der Waals surface area contributed by atoms with Crippen LogP contribution in [0.15, 0.2) is 192 Å². The molecule has 0 aliphatic carbocycles. The number of rotatable bonds is 9. The molecule has 0 saturated carbocycles. The van der Waals surface area contributed by atoms with Gasteiger partial charge < -0.3 is 8.98 Å². The highest BCUT2D eigenvalue weighted by Crippen LogP contribution is 2.40. The predicted octanol–water partition coefficient (Wildman–Crippen LogP) is 14.5. The Hall–Kier alpha value is -7.63. The van der Waals surface area contributed by atoms with Gasteiger partial charge in [-0.15, -0.1) is 0 Å². The molecule has 286 valence electrons. The van der Waals surface area contributed by atoms with Gasteiger partial charge in [0, 0.05) is 43.9 Å². The standard InChI is InChI=1S/C55H40N4O/c1-2-3-14-36-25-27-39(28-26-36)54-56-53(38-15-5-4-6-16-38)57-55(58-54)45-19-8-7-17-42(45)37-29-32-41(33-30-37)59-48-22-11-9-18-44(48)47-35-40(31-34-49(47)59)43-21-13-24-51-52(43)46-20-10-12-23-50(46)60-51/h4-13,15-35H,2-3,14H2,1H3. The van der Waals surface area contributed by atoms with E-state index in [2.05, 4.69) is 169 Å². The topological polar surface area (TPSA) is 56.7 Å². The van der Waals surface area contributed by atoms with Crippen molar-refractivity contribution in [3.63, 3.8) is 0 Å². The Labute approximate surface area is 348 Å². The minimum absolute atomic E-state index is 0.644. The molecule has 11 aromatic rings. The summed E-state index contributed by atoms with van der Waals surface area (Å²) in [6.45, 7) is 2.23. The van der Waals surface area contributed by atoms with Crippen LogP contribution in [0.2, 0.25) is 0 Å². The van der Waals surface area contributed by atoms with Gasteiger partial charge in [-0.1, -0.05) is 159 Å². The molecular weight excluding hydrogens is 733 g/mol. The number of benzene rings is 8. The molecule has 5 nitrogen and oxygen atoms in total. The van der Waals surface area contributed by atoms with Gasteiger partial charge in [0.1, 0.15) is 11.2 Å². The highest BCUT2D eigenvalue weighted by molar-refractivity contribution is 6.15. The van der Waals surface area contributed by atoms with Gasteiger partial charge in [0.05, 0.1) is 11.0 Å². The maximum absolute atomic E-state index is 6.25. The van der Waals surface area contributed by atoms with Crippen LogP contribution in [0.5, 0.6) is 0 Å². The largest absolute Gasteiger partial charge is 0.456 e. The van der Waals surface area contributed by atoms with E-state index in [1.807, 2.05) is 30.3 Å². The van der Waals surface area contributed by atoms with E-state index in [0.29, 0.717) is 17.5 Å². The summed E-state index contributed by atoms with van der Waals surface area (Å²) in [6, 6.07) is 66.3. The van der Waals surface area contributed by atoms with Gasteiger partial charge in [-0.2, -0.15) is 0 Å². The summed E-state index contributed by atoms with van der Waals surface area (Å²) >= 11 is 0. The molecule has 0 radical (unpaired) electrons. The van der Waals surface area contributed by atoms with E-state index in [9.17, 15) is 0 Å². The molecule has 3 heterocycles. The third-order valence-electron chi connectivity index (χ3n) is 11.7. The summed E-state index contributed by atoms with van der Waals surface area (Å²) in [5.74, 6) is 1.96. The first kappa shape index (κ1) is 35.5. The van der Waals surface area contributed by atoms with Crippen molar-refractivity contribution < 1.29 is 4.42 Å². The van der Waals surface area contributed by atoms with Gasteiger partial charge in [0.2, 0.25) is 0 Å². The fraction of sp³-hybridized carbons (Fsp3) is 0.0727. The monoisotopic (exact) mass is 772 g/mol. The molecule has 11 rings (SSSR count). The Morgan fingerprint density at radius 1 is 0.433 bits per heavy atom. The summed E-state index contributed by atoms with van der Waals surface area (Å²) < 4.78 is 8.63. The van der Waals surface area contributed by atoms with Gasteiger partial charge >= 0.3 is 0 Å². The average molecular weight is 773 g/mol. The summed E-state index contributed by atoms with van der Waals surface area (Å²) in [7, 11) is 0. The smallest absolute Gasteiger partial charge is 0.164 e. The fourth-order valence-corrected chi connectivity index (χ4v) is 8.70. The van der Waals surface area contributed by atoms with Crippen LogP contribution in [0.4, 0.5) is 0 Å². The number of hydrogen-bond acceptors (Lipinski definition) is 4. The van der Waals surface area contributed by atoms with Gasteiger partial charge in [0.15, 0.2) is 17.5 Å². The van der Waals surface area contributed by atoms with Crippen molar-refractivity contribution in [3.05, 3.63) is 194 Å². The number of furan rings is 1. The molecule has 0 saturated heterocycles. The van der Waals surface area contributed by atoms with Gasteiger partial charge in [-0.05, 0) is 83.1 Å². The van der Waals surface area contributed by atoms with E-state index in [1.54, 1.807) is 0 Å². The maximum Gasteiger partial charge on any atom is 0.164 e. The van der Waals surface area contributed by atoms with Crippen molar-refractivity contribution >= 4 is 43.7 Å². The molecule has 0 aliphatic rings. The predicted molar refractivity (Wildman–Crippen MR) is 247 cm³/mol. The second-order valence-corrected chi connectivity index (χ2v) is 15.4. The number of aryl methyl sites for hydroxylation is 1. The van der Waals surface area contributed by atoms with Crippen LogP contribution in [0.3, 0.4) is 0 Å². The molecule has 60 heavy (non-hydrogen) atoms. The molecule has 0 fully saturated rings. The van der Waals surface area contributed by atoms with E-state index in [0.717, 1.165) is 78.5 Å². The Balaban J connectivity index is 0.992. The zero-order valence-corrected chi connectivity index (χ0v) is 33.2. The normalized spacial score (nSPS) is 11.6. The van der Waals surface area contributed by atoms with Crippen LogP contribution in [0.1, 0.15) is 25.3 Å². The quantitative estimate of drug-likeness (QED) is 0.147. The lowest BCUT2D eigenvalue weighted by Crippen LogP contribution is -2.01. The molecule has 8 aromatic carbocycles. The SMILES string of the molecule is CCCCc1ccc(-c2nc(-c3ccccc3)nc(-c3ccccc3-c3ccc(-n4c5ccccc5c5cc(-c6cccc7oc8ccccc8c67)ccc54)cc3)n2)cc1. The third kappa shape index (κ3) is 6.23. The van der Waals surface area contributed by atoms with Crippen molar-refractivity contribution in [3.8, 4) is 62.1 Å². The second kappa shape index (κ2) is 14.9. The van der Waals surface area contributed by atoms with Crippen molar-refractivity contribution in [1.82, 2.24) is 19.5 Å². The summed E-state index contributed by atoms with van der Waals surface area (Å²) in [4.78, 5) is 15.2. The molecule has 0 unspecified atom stereocenters. The van der Waals surface area contributed by atoms with Crippen LogP contribution in [-0.2, 0) is 6.42 Å².